The minimum absolute atomic E-state index is 0.0761. The number of carbonyl (C=O) groups excluding carboxylic acids is 1. The number of aryl methyl sites for hydroxylation is 2. The fourth-order valence-corrected chi connectivity index (χ4v) is 1.67. The van der Waals surface area contributed by atoms with Crippen molar-refractivity contribution in [1.82, 2.24) is 10.1 Å². The molecule has 1 amide bonds. The molecule has 1 aromatic rings. The summed E-state index contributed by atoms with van der Waals surface area (Å²) in [6.07, 6.45) is 1.13. The van der Waals surface area contributed by atoms with Gasteiger partial charge in [-0.2, -0.15) is 0 Å². The highest BCUT2D eigenvalue weighted by molar-refractivity contribution is 5.76. The molecule has 1 heterocycles. The molecule has 96 valence electrons. The molecule has 0 aliphatic carbocycles. The maximum absolute atomic E-state index is 11.9. The SMILES string of the molecule is Cc1noc(C)c1CCC(=O)N(C)C(C)CN. The average molecular weight is 239 g/mol. The van der Waals surface area contributed by atoms with E-state index in [9.17, 15) is 4.79 Å². The second kappa shape index (κ2) is 5.82. The molecular formula is C12H21N3O2. The van der Waals surface area contributed by atoms with Gasteiger partial charge in [-0.1, -0.05) is 5.16 Å². The molecule has 0 aliphatic heterocycles. The van der Waals surface area contributed by atoms with Crippen molar-refractivity contribution >= 4 is 5.91 Å². The Morgan fingerprint density at radius 1 is 1.53 bits per heavy atom. The van der Waals surface area contributed by atoms with Gasteiger partial charge < -0.3 is 15.2 Å². The third kappa shape index (κ3) is 3.30. The van der Waals surface area contributed by atoms with Crippen LogP contribution in [0.2, 0.25) is 0 Å². The van der Waals surface area contributed by atoms with Crippen molar-refractivity contribution in [3.63, 3.8) is 0 Å². The predicted molar refractivity (Wildman–Crippen MR) is 65.6 cm³/mol. The van der Waals surface area contributed by atoms with Crippen molar-refractivity contribution < 1.29 is 9.32 Å². The summed E-state index contributed by atoms with van der Waals surface area (Å²) in [5.41, 5.74) is 7.43. The van der Waals surface area contributed by atoms with Crippen molar-refractivity contribution in [1.29, 1.82) is 0 Å². The largest absolute Gasteiger partial charge is 0.361 e. The maximum Gasteiger partial charge on any atom is 0.222 e. The lowest BCUT2D eigenvalue weighted by Gasteiger charge is -2.23. The second-order valence-corrected chi connectivity index (χ2v) is 4.39. The fourth-order valence-electron chi connectivity index (χ4n) is 1.67. The number of nitrogens with two attached hydrogens (primary N) is 1. The molecule has 17 heavy (non-hydrogen) atoms. The van der Waals surface area contributed by atoms with Crippen LogP contribution in [-0.4, -0.2) is 35.6 Å². The second-order valence-electron chi connectivity index (χ2n) is 4.39. The molecule has 0 aliphatic rings. The maximum atomic E-state index is 11.9. The van der Waals surface area contributed by atoms with Crippen molar-refractivity contribution in [3.8, 4) is 0 Å². The lowest BCUT2D eigenvalue weighted by molar-refractivity contribution is -0.131. The summed E-state index contributed by atoms with van der Waals surface area (Å²) in [6.45, 7) is 6.18. The molecular weight excluding hydrogens is 218 g/mol. The standard InChI is InChI=1S/C12H21N3O2/c1-8(7-13)15(4)12(16)6-5-11-9(2)14-17-10(11)3/h8H,5-7,13H2,1-4H3. The van der Waals surface area contributed by atoms with Crippen LogP contribution in [0.4, 0.5) is 0 Å². The number of rotatable bonds is 5. The van der Waals surface area contributed by atoms with Gasteiger partial charge in [-0.15, -0.1) is 0 Å². The van der Waals surface area contributed by atoms with Crippen LogP contribution in [0.5, 0.6) is 0 Å². The molecule has 0 saturated carbocycles. The number of carbonyl (C=O) groups is 1. The van der Waals surface area contributed by atoms with E-state index in [1.807, 2.05) is 20.8 Å². The Bertz CT molecular complexity index is 368. The first kappa shape index (κ1) is 13.7. The van der Waals surface area contributed by atoms with Crippen LogP contribution < -0.4 is 5.73 Å². The van der Waals surface area contributed by atoms with Crippen molar-refractivity contribution in [2.24, 2.45) is 5.73 Å². The summed E-state index contributed by atoms with van der Waals surface area (Å²) in [4.78, 5) is 13.6. The van der Waals surface area contributed by atoms with Gasteiger partial charge in [0.1, 0.15) is 5.76 Å². The number of amides is 1. The molecule has 0 saturated heterocycles. The first-order chi connectivity index (χ1) is 7.97. The minimum atomic E-state index is 0.0761. The summed E-state index contributed by atoms with van der Waals surface area (Å²) in [5.74, 6) is 0.896. The Kier molecular flexibility index (Phi) is 4.69. The zero-order valence-electron chi connectivity index (χ0n) is 11.0. The van der Waals surface area contributed by atoms with E-state index < -0.39 is 0 Å². The van der Waals surface area contributed by atoms with Gasteiger partial charge in [0.05, 0.1) is 5.69 Å². The van der Waals surface area contributed by atoms with Gasteiger partial charge in [0.15, 0.2) is 0 Å². The van der Waals surface area contributed by atoms with E-state index in [4.69, 9.17) is 10.3 Å². The lowest BCUT2D eigenvalue weighted by atomic mass is 10.1. The summed E-state index contributed by atoms with van der Waals surface area (Å²) < 4.78 is 5.06. The minimum Gasteiger partial charge on any atom is -0.361 e. The molecule has 0 spiro atoms. The smallest absolute Gasteiger partial charge is 0.222 e. The van der Waals surface area contributed by atoms with Gasteiger partial charge in [0.25, 0.3) is 0 Å². The van der Waals surface area contributed by atoms with Crippen LogP contribution in [-0.2, 0) is 11.2 Å². The predicted octanol–water partition coefficient (Wildman–Crippen LogP) is 1.03. The molecule has 1 atom stereocenters. The van der Waals surface area contributed by atoms with Gasteiger partial charge in [-0.3, -0.25) is 4.79 Å². The molecule has 1 aromatic heterocycles. The summed E-state index contributed by atoms with van der Waals surface area (Å²) in [6, 6.07) is 0.0761. The van der Waals surface area contributed by atoms with Crippen molar-refractivity contribution in [3.05, 3.63) is 17.0 Å². The third-order valence-corrected chi connectivity index (χ3v) is 3.17. The van der Waals surface area contributed by atoms with Crippen LogP contribution in [0.3, 0.4) is 0 Å². The average Bonchev–Trinajstić information content (AvgIpc) is 2.64. The topological polar surface area (TPSA) is 72.4 Å². The van der Waals surface area contributed by atoms with Crippen LogP contribution in [0.25, 0.3) is 0 Å². The highest BCUT2D eigenvalue weighted by Gasteiger charge is 2.16. The molecule has 5 nitrogen and oxygen atoms in total. The Morgan fingerprint density at radius 2 is 2.18 bits per heavy atom. The van der Waals surface area contributed by atoms with Gasteiger partial charge in [-0.25, -0.2) is 0 Å². The Morgan fingerprint density at radius 3 is 2.65 bits per heavy atom. The fraction of sp³-hybridized carbons (Fsp3) is 0.667. The molecule has 1 rings (SSSR count). The van der Waals surface area contributed by atoms with E-state index in [0.29, 0.717) is 19.4 Å². The molecule has 2 N–H and O–H groups in total. The Hall–Kier alpha value is -1.36. The summed E-state index contributed by atoms with van der Waals surface area (Å²) >= 11 is 0. The van der Waals surface area contributed by atoms with Gasteiger partial charge in [-0.05, 0) is 27.2 Å². The van der Waals surface area contributed by atoms with Crippen LogP contribution in [0.1, 0.15) is 30.4 Å². The normalized spacial score (nSPS) is 12.5. The summed E-state index contributed by atoms with van der Waals surface area (Å²) in [7, 11) is 1.78. The monoisotopic (exact) mass is 239 g/mol. The third-order valence-electron chi connectivity index (χ3n) is 3.17. The van der Waals surface area contributed by atoms with E-state index >= 15 is 0 Å². The summed E-state index contributed by atoms with van der Waals surface area (Å²) in [5, 5.41) is 3.87. The Balaban J connectivity index is 2.54. The molecule has 0 bridgehead atoms. The van der Waals surface area contributed by atoms with E-state index in [-0.39, 0.29) is 11.9 Å². The zero-order valence-corrected chi connectivity index (χ0v) is 11.0. The number of nitrogens with zero attached hydrogens (tertiary/aromatic N) is 2. The Labute approximate surface area is 102 Å². The quantitative estimate of drug-likeness (QED) is 0.833. The zero-order chi connectivity index (χ0) is 13.0. The van der Waals surface area contributed by atoms with E-state index in [1.165, 1.54) is 0 Å². The van der Waals surface area contributed by atoms with Crippen molar-refractivity contribution in [2.75, 3.05) is 13.6 Å². The van der Waals surface area contributed by atoms with Gasteiger partial charge in [0.2, 0.25) is 5.91 Å². The van der Waals surface area contributed by atoms with Gasteiger partial charge in [0, 0.05) is 31.6 Å². The lowest BCUT2D eigenvalue weighted by Crippen LogP contribution is -2.39. The molecule has 5 heteroatoms. The molecule has 0 radical (unpaired) electrons. The van der Waals surface area contributed by atoms with Crippen LogP contribution >= 0.6 is 0 Å². The number of likely N-dealkylation sites (N-methyl/N-ethyl adjacent to an activating group) is 1. The molecule has 0 aromatic carbocycles. The highest BCUT2D eigenvalue weighted by atomic mass is 16.5. The number of aromatic nitrogens is 1. The van der Waals surface area contributed by atoms with E-state index in [0.717, 1.165) is 17.0 Å². The van der Waals surface area contributed by atoms with Crippen molar-refractivity contribution in [2.45, 2.75) is 39.7 Å². The van der Waals surface area contributed by atoms with Crippen LogP contribution in [0.15, 0.2) is 4.52 Å². The van der Waals surface area contributed by atoms with E-state index in [1.54, 1.807) is 11.9 Å². The molecule has 1 unspecified atom stereocenters. The number of hydrogen-bond donors (Lipinski definition) is 1. The van der Waals surface area contributed by atoms with E-state index in [2.05, 4.69) is 5.16 Å². The first-order valence-corrected chi connectivity index (χ1v) is 5.84. The highest BCUT2D eigenvalue weighted by Crippen LogP contribution is 2.15. The number of hydrogen-bond acceptors (Lipinski definition) is 4. The van der Waals surface area contributed by atoms with Gasteiger partial charge >= 0.3 is 0 Å². The molecule has 0 fully saturated rings. The van der Waals surface area contributed by atoms with Crippen LogP contribution in [0, 0.1) is 13.8 Å². The first-order valence-electron chi connectivity index (χ1n) is 5.84.